The van der Waals surface area contributed by atoms with Gasteiger partial charge in [0.2, 0.25) is 0 Å². The highest BCUT2D eigenvalue weighted by Gasteiger charge is 2.26. The molecule has 0 bridgehead atoms. The summed E-state index contributed by atoms with van der Waals surface area (Å²) in [6.45, 7) is 11.6. The van der Waals surface area contributed by atoms with Crippen LogP contribution in [-0.2, 0) is 13.0 Å². The fourth-order valence-electron chi connectivity index (χ4n) is 4.49. The lowest BCUT2D eigenvalue weighted by Crippen LogP contribution is -2.31. The van der Waals surface area contributed by atoms with Crippen LogP contribution in [-0.4, -0.2) is 29.3 Å². The number of aromatic nitrogens is 2. The standard InChI is InChI=1S/C26H38ClN3O2/c1-7-30-24(20-13-12-19(14-21(20)32-6)15-26(3,4)5)22(27)23(29-30)25(31)28-16-18-10-8-17(2)9-11-18/h12-14,17-18H,7-11,15-16H2,1-6H3,(H,28,31)/i6D3. The van der Waals surface area contributed by atoms with Crippen molar-refractivity contribution in [1.29, 1.82) is 0 Å². The minimum atomic E-state index is -2.63. The van der Waals surface area contributed by atoms with Crippen molar-refractivity contribution in [2.45, 2.75) is 73.3 Å². The molecule has 176 valence electrons. The Labute approximate surface area is 202 Å². The lowest BCUT2D eigenvalue weighted by Gasteiger charge is -2.26. The molecule has 0 aliphatic heterocycles. The fraction of sp³-hybridized carbons (Fsp3) is 0.615. The molecule has 0 radical (unpaired) electrons. The number of amides is 1. The van der Waals surface area contributed by atoms with Gasteiger partial charge in [-0.1, -0.05) is 58.2 Å². The normalized spacial score (nSPS) is 20.9. The highest BCUT2D eigenvalue weighted by molar-refractivity contribution is 6.36. The van der Waals surface area contributed by atoms with Crippen LogP contribution in [0.15, 0.2) is 18.2 Å². The smallest absolute Gasteiger partial charge is 0.273 e. The van der Waals surface area contributed by atoms with E-state index in [1.165, 1.54) is 12.8 Å². The summed E-state index contributed by atoms with van der Waals surface area (Å²) in [5.41, 5.74) is 2.10. The van der Waals surface area contributed by atoms with Crippen LogP contribution in [0.25, 0.3) is 11.3 Å². The Morgan fingerprint density at radius 1 is 1.31 bits per heavy atom. The molecule has 0 unspecified atom stereocenters. The summed E-state index contributed by atoms with van der Waals surface area (Å²) in [6.07, 6.45) is 5.35. The summed E-state index contributed by atoms with van der Waals surface area (Å²) < 4.78 is 30.0. The van der Waals surface area contributed by atoms with Crippen molar-refractivity contribution in [3.05, 3.63) is 34.5 Å². The van der Waals surface area contributed by atoms with E-state index in [1.54, 1.807) is 10.7 Å². The highest BCUT2D eigenvalue weighted by Crippen LogP contribution is 2.38. The molecular weight excluding hydrogens is 422 g/mol. The third-order valence-electron chi connectivity index (χ3n) is 6.24. The Morgan fingerprint density at radius 3 is 2.66 bits per heavy atom. The number of nitrogens with zero attached hydrogens (tertiary/aromatic N) is 2. The predicted molar refractivity (Wildman–Crippen MR) is 132 cm³/mol. The minimum absolute atomic E-state index is 0.0171. The Morgan fingerprint density at radius 2 is 2.03 bits per heavy atom. The minimum Gasteiger partial charge on any atom is -0.496 e. The second-order valence-electron chi connectivity index (χ2n) is 10.3. The van der Waals surface area contributed by atoms with Gasteiger partial charge in [0.1, 0.15) is 5.75 Å². The van der Waals surface area contributed by atoms with Crippen LogP contribution in [0, 0.1) is 17.3 Å². The molecule has 1 aromatic carbocycles. The van der Waals surface area contributed by atoms with E-state index in [0.29, 0.717) is 30.3 Å². The third-order valence-corrected chi connectivity index (χ3v) is 6.60. The number of halogens is 1. The molecule has 2 aromatic rings. The number of hydrogen-bond donors (Lipinski definition) is 1. The summed E-state index contributed by atoms with van der Waals surface area (Å²) in [4.78, 5) is 13.0. The summed E-state index contributed by atoms with van der Waals surface area (Å²) in [5, 5.41) is 7.68. The van der Waals surface area contributed by atoms with Gasteiger partial charge in [-0.2, -0.15) is 5.10 Å². The quantitative estimate of drug-likeness (QED) is 0.519. The van der Waals surface area contributed by atoms with Crippen LogP contribution >= 0.6 is 11.6 Å². The van der Waals surface area contributed by atoms with E-state index in [9.17, 15) is 4.79 Å². The predicted octanol–water partition coefficient (Wildman–Crippen LogP) is 6.38. The topological polar surface area (TPSA) is 56.1 Å². The first-order valence-corrected chi connectivity index (χ1v) is 12.0. The number of rotatable bonds is 7. The first-order chi connectivity index (χ1) is 16.3. The SMILES string of the molecule is [2H]C([2H])([2H])Oc1cc(CC(C)(C)C)ccc1-c1c(Cl)c(C(=O)NCC2CCC(C)CC2)nn1CC. The molecule has 1 aliphatic rings. The molecule has 1 heterocycles. The Hall–Kier alpha value is -2.01. The van der Waals surface area contributed by atoms with E-state index >= 15 is 0 Å². The molecular formula is C26H38ClN3O2. The summed E-state index contributed by atoms with van der Waals surface area (Å²) >= 11 is 6.73. The van der Waals surface area contributed by atoms with Gasteiger partial charge in [0, 0.05) is 18.7 Å². The van der Waals surface area contributed by atoms with E-state index in [0.717, 1.165) is 30.7 Å². The molecule has 1 amide bonds. The molecule has 1 aliphatic carbocycles. The zero-order chi connectivity index (χ0) is 26.0. The summed E-state index contributed by atoms with van der Waals surface area (Å²) in [5.74, 6) is 1.10. The number of methoxy groups -OCH3 is 1. The average Bonchev–Trinajstić information content (AvgIpc) is 3.07. The first kappa shape index (κ1) is 20.6. The van der Waals surface area contributed by atoms with E-state index in [4.69, 9.17) is 20.5 Å². The number of benzene rings is 1. The fourth-order valence-corrected chi connectivity index (χ4v) is 4.82. The largest absolute Gasteiger partial charge is 0.496 e. The van der Waals surface area contributed by atoms with Crippen molar-refractivity contribution in [2.75, 3.05) is 13.6 Å². The van der Waals surface area contributed by atoms with Crippen molar-refractivity contribution in [1.82, 2.24) is 15.1 Å². The Bertz CT molecular complexity index is 1040. The monoisotopic (exact) mass is 462 g/mol. The highest BCUT2D eigenvalue weighted by atomic mass is 35.5. The van der Waals surface area contributed by atoms with Gasteiger partial charge in [0.15, 0.2) is 5.69 Å². The van der Waals surface area contributed by atoms with Gasteiger partial charge in [0.05, 0.1) is 21.9 Å². The maximum absolute atomic E-state index is 13.0. The van der Waals surface area contributed by atoms with Crippen molar-refractivity contribution < 1.29 is 13.6 Å². The van der Waals surface area contributed by atoms with Crippen LogP contribution in [0.3, 0.4) is 0 Å². The molecule has 0 spiro atoms. The van der Waals surface area contributed by atoms with Gasteiger partial charge in [0.25, 0.3) is 5.91 Å². The van der Waals surface area contributed by atoms with Crippen molar-refractivity contribution in [3.63, 3.8) is 0 Å². The molecule has 6 heteroatoms. The van der Waals surface area contributed by atoms with Gasteiger partial charge in [-0.25, -0.2) is 0 Å². The van der Waals surface area contributed by atoms with Crippen LogP contribution in [0.4, 0.5) is 0 Å². The molecule has 32 heavy (non-hydrogen) atoms. The molecule has 5 nitrogen and oxygen atoms in total. The van der Waals surface area contributed by atoms with Gasteiger partial charge in [-0.15, -0.1) is 0 Å². The molecule has 1 N–H and O–H groups in total. The van der Waals surface area contributed by atoms with Crippen LogP contribution < -0.4 is 10.1 Å². The number of carbonyl (C=O) groups is 1. The zero-order valence-corrected chi connectivity index (χ0v) is 20.7. The van der Waals surface area contributed by atoms with Gasteiger partial charge < -0.3 is 10.1 Å². The van der Waals surface area contributed by atoms with Crippen molar-refractivity contribution >= 4 is 17.5 Å². The lowest BCUT2D eigenvalue weighted by molar-refractivity contribution is 0.0936. The second kappa shape index (κ2) is 10.3. The van der Waals surface area contributed by atoms with Gasteiger partial charge in [-0.05, 0) is 61.1 Å². The molecule has 1 saturated carbocycles. The van der Waals surface area contributed by atoms with E-state index in [-0.39, 0.29) is 27.8 Å². The van der Waals surface area contributed by atoms with E-state index < -0.39 is 7.04 Å². The van der Waals surface area contributed by atoms with Crippen molar-refractivity contribution in [2.24, 2.45) is 17.3 Å². The average molecular weight is 463 g/mol. The lowest BCUT2D eigenvalue weighted by atomic mass is 9.83. The third kappa shape index (κ3) is 5.86. The van der Waals surface area contributed by atoms with Crippen LogP contribution in [0.1, 0.15) is 80.5 Å². The molecule has 1 aromatic heterocycles. The van der Waals surface area contributed by atoms with E-state index in [2.05, 4.69) is 38.1 Å². The van der Waals surface area contributed by atoms with Gasteiger partial charge >= 0.3 is 0 Å². The number of aryl methyl sites for hydroxylation is 1. The molecule has 0 saturated heterocycles. The van der Waals surface area contributed by atoms with Gasteiger partial charge in [-0.3, -0.25) is 9.48 Å². The number of nitrogens with one attached hydrogen (secondary N) is 1. The van der Waals surface area contributed by atoms with Crippen molar-refractivity contribution in [3.8, 4) is 17.0 Å². The zero-order valence-electron chi connectivity index (χ0n) is 22.9. The van der Waals surface area contributed by atoms with Crippen LogP contribution in [0.2, 0.25) is 5.02 Å². The summed E-state index contributed by atoms with van der Waals surface area (Å²) in [7, 11) is -2.63. The molecule has 0 atom stereocenters. The second-order valence-corrected chi connectivity index (χ2v) is 10.7. The number of carbonyl (C=O) groups excluding carboxylic acids is 1. The number of ether oxygens (including phenoxy) is 1. The maximum atomic E-state index is 13.0. The first-order valence-electron chi connectivity index (χ1n) is 13.1. The van der Waals surface area contributed by atoms with Crippen LogP contribution in [0.5, 0.6) is 5.75 Å². The Balaban J connectivity index is 1.93. The number of hydrogen-bond acceptors (Lipinski definition) is 3. The van der Waals surface area contributed by atoms with E-state index in [1.807, 2.05) is 19.1 Å². The molecule has 3 rings (SSSR count). The molecule has 1 fully saturated rings. The maximum Gasteiger partial charge on any atom is 0.273 e. The Kier molecular flexibility index (Phi) is 6.62. The summed E-state index contributed by atoms with van der Waals surface area (Å²) in [6, 6.07) is 5.50.